The normalized spacial score (nSPS) is 49.2. The summed E-state index contributed by atoms with van der Waals surface area (Å²) in [6.45, 7) is 13.6. The van der Waals surface area contributed by atoms with Crippen LogP contribution in [0.4, 0.5) is 8.78 Å². The first-order valence-electron chi connectivity index (χ1n) is 16.8. The van der Waals surface area contributed by atoms with E-state index in [9.17, 15) is 23.8 Å². The van der Waals surface area contributed by atoms with Gasteiger partial charge in [-0.25, -0.2) is 8.78 Å². The van der Waals surface area contributed by atoms with E-state index < -0.39 is 17.7 Å². The average Bonchev–Trinajstić information content (AvgIpc) is 3.55. The molecule has 1 aromatic carbocycles. The quantitative estimate of drug-likeness (QED) is 0.415. The lowest BCUT2D eigenvalue weighted by molar-refractivity contribution is -0.182. The molecule has 1 saturated heterocycles. The van der Waals surface area contributed by atoms with Crippen LogP contribution in [0.5, 0.6) is 0 Å². The van der Waals surface area contributed by atoms with E-state index in [-0.39, 0.29) is 58.3 Å². The van der Waals surface area contributed by atoms with Crippen molar-refractivity contribution in [1.29, 1.82) is 0 Å². The molecule has 7 rings (SSSR count). The van der Waals surface area contributed by atoms with Crippen LogP contribution in [0.2, 0.25) is 0 Å². The first kappa shape index (κ1) is 30.1. The summed E-state index contributed by atoms with van der Waals surface area (Å²) >= 11 is 0. The summed E-state index contributed by atoms with van der Waals surface area (Å²) in [6.07, 6.45) is 7.19. The fourth-order valence-electron chi connectivity index (χ4n) is 13.0. The molecule has 238 valence electrons. The standard InChI is InChI=1S/C36H51F2NO4/c1-20-13-25(18-39(21(2)40)17-22-14-23(37)16-24(38)15-22)43-30-29(20)33(5)11-12-36-19-35(36)10-9-28(41)32(3,4)26(35)7-8-27(36)34(33,6)31(30)42/h14-16,20,25-31,41-42H,7-13,17-19H2,1-6H3/t20-,25?,26+,27?,28?,29+,30?,31+,33-,34-,35-,36+/m1/s1. The fraction of sp³-hybridized carbons (Fsp3) is 0.806. The molecule has 5 saturated carbocycles. The predicted octanol–water partition coefficient (Wildman–Crippen LogP) is 6.49. The van der Waals surface area contributed by atoms with Crippen molar-refractivity contribution in [3.05, 3.63) is 35.4 Å². The number of aliphatic hydroxyl groups is 2. The van der Waals surface area contributed by atoms with Gasteiger partial charge >= 0.3 is 0 Å². The first-order chi connectivity index (χ1) is 20.1. The lowest BCUT2D eigenvalue weighted by Crippen LogP contribution is -2.59. The third-order valence-electron chi connectivity index (χ3n) is 15.0. The zero-order valence-corrected chi connectivity index (χ0v) is 26.8. The Morgan fingerprint density at radius 3 is 2.30 bits per heavy atom. The Hall–Kier alpha value is -1.57. The van der Waals surface area contributed by atoms with E-state index in [2.05, 4.69) is 34.6 Å². The minimum atomic E-state index is -0.653. The van der Waals surface area contributed by atoms with Gasteiger partial charge in [-0.3, -0.25) is 4.79 Å². The fourth-order valence-corrected chi connectivity index (χ4v) is 13.0. The number of benzene rings is 1. The summed E-state index contributed by atoms with van der Waals surface area (Å²) in [5.41, 5.74) is 0.587. The van der Waals surface area contributed by atoms with Gasteiger partial charge in [0, 0.05) is 31.5 Å². The highest BCUT2D eigenvalue weighted by molar-refractivity contribution is 5.73. The van der Waals surface area contributed by atoms with Crippen LogP contribution >= 0.6 is 0 Å². The lowest BCUT2D eigenvalue weighted by Gasteiger charge is -2.63. The maximum absolute atomic E-state index is 13.9. The van der Waals surface area contributed by atoms with Crippen molar-refractivity contribution < 1.29 is 28.5 Å². The third kappa shape index (κ3) is 3.86. The van der Waals surface area contributed by atoms with Crippen molar-refractivity contribution in [1.82, 2.24) is 4.90 Å². The summed E-state index contributed by atoms with van der Waals surface area (Å²) in [5, 5.41) is 23.4. The number of rotatable bonds is 4. The predicted molar refractivity (Wildman–Crippen MR) is 160 cm³/mol. The van der Waals surface area contributed by atoms with Crippen LogP contribution in [0.25, 0.3) is 0 Å². The van der Waals surface area contributed by atoms with Gasteiger partial charge in [-0.2, -0.15) is 0 Å². The van der Waals surface area contributed by atoms with E-state index in [4.69, 9.17) is 4.74 Å². The van der Waals surface area contributed by atoms with Crippen LogP contribution < -0.4 is 0 Å². The van der Waals surface area contributed by atoms with Gasteiger partial charge < -0.3 is 19.8 Å². The van der Waals surface area contributed by atoms with E-state index >= 15 is 0 Å². The second kappa shape index (κ2) is 9.48. The number of nitrogens with zero attached hydrogens (tertiary/aromatic N) is 1. The molecule has 1 heterocycles. The summed E-state index contributed by atoms with van der Waals surface area (Å²) in [6, 6.07) is 3.39. The van der Waals surface area contributed by atoms with Crippen molar-refractivity contribution in [3.8, 4) is 0 Å². The van der Waals surface area contributed by atoms with Crippen LogP contribution in [0.3, 0.4) is 0 Å². The number of hydrogen-bond donors (Lipinski definition) is 2. The van der Waals surface area contributed by atoms with Gasteiger partial charge in [0.2, 0.25) is 5.91 Å². The molecule has 6 fully saturated rings. The van der Waals surface area contributed by atoms with Gasteiger partial charge in [0.05, 0.1) is 24.4 Å². The topological polar surface area (TPSA) is 70.0 Å². The van der Waals surface area contributed by atoms with Crippen LogP contribution in [0.1, 0.15) is 98.5 Å². The summed E-state index contributed by atoms with van der Waals surface area (Å²) in [4.78, 5) is 14.3. The Balaban J connectivity index is 1.15. The minimum Gasteiger partial charge on any atom is -0.393 e. The zero-order chi connectivity index (χ0) is 30.9. The largest absolute Gasteiger partial charge is 0.393 e. The monoisotopic (exact) mass is 599 g/mol. The molecule has 43 heavy (non-hydrogen) atoms. The molecule has 2 spiro atoms. The second-order valence-electron chi connectivity index (χ2n) is 16.8. The number of fused-ring (bicyclic) bond motifs is 4. The molecule has 1 aromatic rings. The molecule has 2 N–H and O–H groups in total. The summed E-state index contributed by atoms with van der Waals surface area (Å²) < 4.78 is 34.6. The molecule has 5 aliphatic carbocycles. The van der Waals surface area contributed by atoms with Crippen molar-refractivity contribution in [2.75, 3.05) is 6.54 Å². The van der Waals surface area contributed by atoms with E-state index in [1.165, 1.54) is 31.9 Å². The Labute approximate surface area is 255 Å². The molecule has 6 aliphatic rings. The minimum absolute atomic E-state index is 0.0446. The van der Waals surface area contributed by atoms with Gasteiger partial charge in [-0.1, -0.05) is 34.6 Å². The van der Waals surface area contributed by atoms with E-state index in [0.717, 1.165) is 44.6 Å². The highest BCUT2D eigenvalue weighted by Crippen LogP contribution is 2.89. The molecule has 1 amide bonds. The molecule has 0 bridgehead atoms. The zero-order valence-electron chi connectivity index (χ0n) is 26.8. The van der Waals surface area contributed by atoms with Crippen LogP contribution in [0.15, 0.2) is 18.2 Å². The Bertz CT molecular complexity index is 1300. The molecule has 12 atom stereocenters. The summed E-state index contributed by atoms with van der Waals surface area (Å²) in [5.74, 6) is 0.0542. The lowest BCUT2D eigenvalue weighted by atomic mass is 9.41. The number of amides is 1. The molecule has 5 nitrogen and oxygen atoms in total. The summed E-state index contributed by atoms with van der Waals surface area (Å²) in [7, 11) is 0. The van der Waals surface area contributed by atoms with E-state index in [1.807, 2.05) is 0 Å². The Kier molecular flexibility index (Phi) is 6.64. The molecule has 0 aromatic heterocycles. The molecular formula is C36H51F2NO4. The maximum atomic E-state index is 13.9. The first-order valence-corrected chi connectivity index (χ1v) is 16.8. The number of carbonyl (C=O) groups is 1. The number of halogens is 2. The second-order valence-corrected chi connectivity index (χ2v) is 16.8. The van der Waals surface area contributed by atoms with Gasteiger partial charge in [-0.15, -0.1) is 0 Å². The smallest absolute Gasteiger partial charge is 0.219 e. The van der Waals surface area contributed by atoms with Crippen LogP contribution in [0, 0.1) is 62.4 Å². The van der Waals surface area contributed by atoms with Gasteiger partial charge in [0.1, 0.15) is 11.6 Å². The van der Waals surface area contributed by atoms with Crippen molar-refractivity contribution in [2.24, 2.45) is 50.7 Å². The maximum Gasteiger partial charge on any atom is 0.219 e. The van der Waals surface area contributed by atoms with Gasteiger partial charge in [0.25, 0.3) is 0 Å². The van der Waals surface area contributed by atoms with Gasteiger partial charge in [-0.05, 0) is 114 Å². The average molecular weight is 600 g/mol. The third-order valence-corrected chi connectivity index (χ3v) is 15.0. The Morgan fingerprint density at radius 1 is 0.977 bits per heavy atom. The van der Waals surface area contributed by atoms with Gasteiger partial charge in [0.15, 0.2) is 0 Å². The molecule has 4 unspecified atom stereocenters. The van der Waals surface area contributed by atoms with Crippen molar-refractivity contribution >= 4 is 5.91 Å². The highest BCUT2D eigenvalue weighted by Gasteiger charge is 2.84. The SMILES string of the molecule is CC(=O)N(Cc1cc(F)cc(F)c1)CC1C[C@@H](C)[C@H]2C(O1)[C@H](O)[C@@]1(C)C3CC[C@H]4C(C)(C)C(O)CC[C@@]45C[C@@]35CC[C@]21C. The molecular weight excluding hydrogens is 548 g/mol. The van der Waals surface area contributed by atoms with Crippen molar-refractivity contribution in [3.63, 3.8) is 0 Å². The van der Waals surface area contributed by atoms with E-state index in [1.54, 1.807) is 4.90 Å². The van der Waals surface area contributed by atoms with E-state index in [0.29, 0.717) is 35.3 Å². The van der Waals surface area contributed by atoms with Crippen LogP contribution in [-0.4, -0.2) is 52.0 Å². The number of ether oxygens (including phenoxy) is 1. The number of hydrogen-bond acceptors (Lipinski definition) is 4. The number of carbonyl (C=O) groups excluding carboxylic acids is 1. The van der Waals surface area contributed by atoms with Crippen molar-refractivity contribution in [2.45, 2.75) is 124 Å². The van der Waals surface area contributed by atoms with Crippen LogP contribution in [-0.2, 0) is 16.1 Å². The molecule has 1 aliphatic heterocycles. The Morgan fingerprint density at radius 2 is 1.63 bits per heavy atom. The molecule has 0 radical (unpaired) electrons. The highest BCUT2D eigenvalue weighted by atomic mass is 19.1. The number of aliphatic hydroxyl groups excluding tert-OH is 2. The molecule has 7 heteroatoms.